The lowest BCUT2D eigenvalue weighted by atomic mass is 10.1. The molecule has 1 unspecified atom stereocenters. The van der Waals surface area contributed by atoms with Crippen molar-refractivity contribution in [3.8, 4) is 11.4 Å². The Bertz CT molecular complexity index is 1180. The number of nitrogens with zero attached hydrogens (tertiary/aromatic N) is 7. The number of piperazine rings is 1. The van der Waals surface area contributed by atoms with Gasteiger partial charge in [0.05, 0.1) is 11.7 Å². The van der Waals surface area contributed by atoms with Gasteiger partial charge in [0.15, 0.2) is 5.65 Å². The predicted molar refractivity (Wildman–Crippen MR) is 118 cm³/mol. The van der Waals surface area contributed by atoms with E-state index in [0.717, 1.165) is 55.0 Å². The molecule has 1 aromatic carbocycles. The van der Waals surface area contributed by atoms with Crippen molar-refractivity contribution in [2.75, 3.05) is 26.2 Å². The van der Waals surface area contributed by atoms with Crippen LogP contribution in [0.4, 0.5) is 0 Å². The summed E-state index contributed by atoms with van der Waals surface area (Å²) in [7, 11) is 1.94. The van der Waals surface area contributed by atoms with E-state index in [1.54, 1.807) is 0 Å². The Hall–Kier alpha value is -3.10. The van der Waals surface area contributed by atoms with Crippen LogP contribution in [0.25, 0.3) is 22.4 Å². The number of aromatic nitrogens is 5. The zero-order valence-corrected chi connectivity index (χ0v) is 18.2. The molecule has 3 aromatic heterocycles. The molecule has 0 bridgehead atoms. The highest BCUT2D eigenvalue weighted by Crippen LogP contribution is 2.24. The van der Waals surface area contributed by atoms with E-state index in [9.17, 15) is 0 Å². The predicted octanol–water partition coefficient (Wildman–Crippen LogP) is 3.21. The van der Waals surface area contributed by atoms with Crippen LogP contribution < -0.4 is 0 Å². The fourth-order valence-corrected chi connectivity index (χ4v) is 4.27. The third-order valence-electron chi connectivity index (χ3n) is 6.11. The van der Waals surface area contributed by atoms with Crippen molar-refractivity contribution >= 4 is 11.0 Å². The van der Waals surface area contributed by atoms with Gasteiger partial charge < -0.3 is 4.52 Å². The normalized spacial score (nSPS) is 16.7. The highest BCUT2D eigenvalue weighted by molar-refractivity contribution is 5.78. The maximum atomic E-state index is 5.58. The molecule has 1 aliphatic heterocycles. The van der Waals surface area contributed by atoms with E-state index in [4.69, 9.17) is 4.52 Å². The minimum absolute atomic E-state index is 0.100. The van der Waals surface area contributed by atoms with Gasteiger partial charge in [0, 0.05) is 56.9 Å². The van der Waals surface area contributed by atoms with Gasteiger partial charge in [-0.2, -0.15) is 10.1 Å². The molecule has 5 rings (SSSR count). The second-order valence-corrected chi connectivity index (χ2v) is 8.23. The third kappa shape index (κ3) is 3.96. The highest BCUT2D eigenvalue weighted by Gasteiger charge is 2.26. The lowest BCUT2D eigenvalue weighted by molar-refractivity contribution is 0.0845. The summed E-state index contributed by atoms with van der Waals surface area (Å²) < 4.78 is 7.42. The smallest absolute Gasteiger partial charge is 0.244 e. The molecule has 4 heterocycles. The van der Waals surface area contributed by atoms with Crippen molar-refractivity contribution in [1.29, 1.82) is 0 Å². The zero-order valence-electron chi connectivity index (χ0n) is 18.2. The molecule has 1 aliphatic rings. The molecule has 0 saturated carbocycles. The van der Waals surface area contributed by atoms with Crippen LogP contribution in [0, 0.1) is 6.92 Å². The number of pyridine rings is 1. The summed E-state index contributed by atoms with van der Waals surface area (Å²) in [4.78, 5) is 14.1. The van der Waals surface area contributed by atoms with Crippen LogP contribution in [0.3, 0.4) is 0 Å². The van der Waals surface area contributed by atoms with E-state index in [1.165, 1.54) is 5.56 Å². The molecule has 1 saturated heterocycles. The van der Waals surface area contributed by atoms with E-state index in [-0.39, 0.29) is 6.04 Å². The first kappa shape index (κ1) is 19.8. The summed E-state index contributed by atoms with van der Waals surface area (Å²) in [5, 5.41) is 9.78. The van der Waals surface area contributed by atoms with Crippen LogP contribution in [0.2, 0.25) is 0 Å². The average molecular weight is 418 g/mol. The fraction of sp³-hybridized carbons (Fsp3) is 0.391. The Kier molecular flexibility index (Phi) is 5.25. The number of benzene rings is 1. The summed E-state index contributed by atoms with van der Waals surface area (Å²) >= 11 is 0. The summed E-state index contributed by atoms with van der Waals surface area (Å²) in [6.07, 6.45) is 1.97. The fourth-order valence-electron chi connectivity index (χ4n) is 4.27. The molecule has 1 atom stereocenters. The molecule has 0 amide bonds. The lowest BCUT2D eigenvalue weighted by Crippen LogP contribution is -2.46. The van der Waals surface area contributed by atoms with Gasteiger partial charge in [-0.3, -0.25) is 14.5 Å². The van der Waals surface area contributed by atoms with Crippen LogP contribution >= 0.6 is 0 Å². The van der Waals surface area contributed by atoms with Gasteiger partial charge in [-0.1, -0.05) is 35.5 Å². The molecule has 0 spiro atoms. The zero-order chi connectivity index (χ0) is 21.4. The average Bonchev–Trinajstić information content (AvgIpc) is 3.40. The molecule has 8 nitrogen and oxygen atoms in total. The number of aryl methyl sites for hydroxylation is 2. The molecule has 31 heavy (non-hydrogen) atoms. The Labute approximate surface area is 181 Å². The van der Waals surface area contributed by atoms with Gasteiger partial charge in [-0.25, -0.2) is 4.98 Å². The second-order valence-electron chi connectivity index (χ2n) is 8.23. The number of fused-ring (bicyclic) bond motifs is 1. The number of hydrogen-bond donors (Lipinski definition) is 0. The molecule has 160 valence electrons. The Morgan fingerprint density at radius 1 is 1.10 bits per heavy atom. The summed E-state index contributed by atoms with van der Waals surface area (Å²) in [6.45, 7) is 8.99. The molecule has 0 radical (unpaired) electrons. The maximum absolute atomic E-state index is 5.58. The topological polar surface area (TPSA) is 76.1 Å². The Morgan fingerprint density at radius 2 is 1.87 bits per heavy atom. The first-order valence-corrected chi connectivity index (χ1v) is 10.7. The summed E-state index contributed by atoms with van der Waals surface area (Å²) in [6, 6.07) is 12.3. The van der Waals surface area contributed by atoms with Gasteiger partial charge in [0.25, 0.3) is 0 Å². The van der Waals surface area contributed by atoms with Crippen molar-refractivity contribution in [2.45, 2.75) is 26.4 Å². The maximum Gasteiger partial charge on any atom is 0.244 e. The van der Waals surface area contributed by atoms with Gasteiger partial charge in [-0.15, -0.1) is 0 Å². The van der Waals surface area contributed by atoms with Crippen LogP contribution in [-0.4, -0.2) is 60.9 Å². The van der Waals surface area contributed by atoms with Crippen molar-refractivity contribution < 1.29 is 4.52 Å². The van der Waals surface area contributed by atoms with E-state index >= 15 is 0 Å². The minimum atomic E-state index is 0.100. The number of hydrogen-bond acceptors (Lipinski definition) is 7. The molecular formula is C23H27N7O. The van der Waals surface area contributed by atoms with Gasteiger partial charge >= 0.3 is 0 Å². The van der Waals surface area contributed by atoms with Gasteiger partial charge in [-0.05, 0) is 25.5 Å². The van der Waals surface area contributed by atoms with Crippen molar-refractivity contribution in [3.05, 3.63) is 59.7 Å². The summed E-state index contributed by atoms with van der Waals surface area (Å²) in [5.41, 5.74) is 4.17. The second kappa shape index (κ2) is 8.20. The number of rotatable bonds is 5. The van der Waals surface area contributed by atoms with E-state index in [2.05, 4.69) is 43.0 Å². The minimum Gasteiger partial charge on any atom is -0.337 e. The van der Waals surface area contributed by atoms with Crippen molar-refractivity contribution in [1.82, 2.24) is 34.7 Å². The Balaban J connectivity index is 1.20. The van der Waals surface area contributed by atoms with E-state index < -0.39 is 0 Å². The van der Waals surface area contributed by atoms with Crippen molar-refractivity contribution in [2.24, 2.45) is 7.05 Å². The van der Waals surface area contributed by atoms with Crippen LogP contribution in [0.5, 0.6) is 0 Å². The third-order valence-corrected chi connectivity index (χ3v) is 6.11. The van der Waals surface area contributed by atoms with Gasteiger partial charge in [0.1, 0.15) is 0 Å². The SMILES string of the molecule is Cc1nn(C)c2ncc(CN3CCN(C(C)c4nc(-c5ccccc5)no4)CC3)cc12. The van der Waals surface area contributed by atoms with E-state index in [0.29, 0.717) is 11.7 Å². The van der Waals surface area contributed by atoms with Crippen LogP contribution in [0.15, 0.2) is 47.1 Å². The van der Waals surface area contributed by atoms with Crippen LogP contribution in [-0.2, 0) is 13.6 Å². The largest absolute Gasteiger partial charge is 0.337 e. The van der Waals surface area contributed by atoms with Crippen LogP contribution in [0.1, 0.15) is 30.1 Å². The highest BCUT2D eigenvalue weighted by atomic mass is 16.5. The lowest BCUT2D eigenvalue weighted by Gasteiger charge is -2.36. The van der Waals surface area contributed by atoms with Crippen molar-refractivity contribution in [3.63, 3.8) is 0 Å². The van der Waals surface area contributed by atoms with Gasteiger partial charge in [0.2, 0.25) is 11.7 Å². The summed E-state index contributed by atoms with van der Waals surface area (Å²) in [5.74, 6) is 1.32. The molecule has 1 fully saturated rings. The molecule has 0 aliphatic carbocycles. The quantitative estimate of drug-likeness (QED) is 0.493. The molecular weight excluding hydrogens is 390 g/mol. The standard InChI is InChI=1S/C23H27N7O/c1-16-20-13-18(14-24-22(20)28(3)26-16)15-29-9-11-30(12-10-29)17(2)23-25-21(27-31-23)19-7-5-4-6-8-19/h4-8,13-14,17H,9-12,15H2,1-3H3. The first-order chi connectivity index (χ1) is 15.1. The molecule has 8 heteroatoms. The van der Waals surface area contributed by atoms with E-state index in [1.807, 2.05) is 55.2 Å². The molecule has 0 N–H and O–H groups in total. The monoisotopic (exact) mass is 417 g/mol. The molecule has 4 aromatic rings. The Morgan fingerprint density at radius 3 is 2.65 bits per heavy atom. The first-order valence-electron chi connectivity index (χ1n) is 10.7.